The first-order valence-corrected chi connectivity index (χ1v) is 19.2. The molecule has 1 aliphatic rings. The van der Waals surface area contributed by atoms with Crippen LogP contribution in [0, 0.1) is 0 Å². The first-order valence-electron chi connectivity index (χ1n) is 19.2. The minimum absolute atomic E-state index is 0.128. The molecule has 0 bridgehead atoms. The summed E-state index contributed by atoms with van der Waals surface area (Å²) in [6.07, 6.45) is 0. The van der Waals surface area contributed by atoms with Crippen LogP contribution in [0.15, 0.2) is 186 Å². The topological polar surface area (TPSA) is 38.9 Å². The van der Waals surface area contributed by atoms with E-state index in [4.69, 9.17) is 14.4 Å². The van der Waals surface area contributed by atoms with Gasteiger partial charge in [-0.25, -0.2) is 9.97 Å². The van der Waals surface area contributed by atoms with E-state index in [-0.39, 0.29) is 5.41 Å². The van der Waals surface area contributed by atoms with Crippen molar-refractivity contribution in [3.8, 4) is 67.3 Å². The first kappa shape index (κ1) is 32.3. The van der Waals surface area contributed by atoms with E-state index in [9.17, 15) is 0 Å². The number of rotatable bonds is 5. The summed E-state index contributed by atoms with van der Waals surface area (Å²) in [6, 6.07) is 64.9. The van der Waals surface area contributed by atoms with E-state index >= 15 is 0 Å². The Morgan fingerprint density at radius 2 is 1.00 bits per heavy atom. The van der Waals surface area contributed by atoms with Crippen LogP contribution in [0.2, 0.25) is 0 Å². The molecule has 3 nitrogen and oxygen atoms in total. The van der Waals surface area contributed by atoms with Crippen molar-refractivity contribution in [2.24, 2.45) is 0 Å². The van der Waals surface area contributed by atoms with Crippen LogP contribution in [0.4, 0.5) is 0 Å². The van der Waals surface area contributed by atoms with Crippen LogP contribution >= 0.6 is 0 Å². The molecule has 0 saturated carbocycles. The first-order chi connectivity index (χ1) is 27.5. The molecule has 0 spiro atoms. The zero-order valence-electron chi connectivity index (χ0n) is 31.1. The average molecular weight is 717 g/mol. The Labute approximate surface area is 325 Å². The van der Waals surface area contributed by atoms with Crippen LogP contribution in [-0.2, 0) is 5.41 Å². The Hall–Kier alpha value is -7.10. The molecule has 0 fully saturated rings. The highest BCUT2D eigenvalue weighted by Gasteiger charge is 2.35. The maximum atomic E-state index is 6.21. The number of hydrogen-bond donors (Lipinski definition) is 0. The highest BCUT2D eigenvalue weighted by atomic mass is 16.3. The number of fused-ring (bicyclic) bond motifs is 7. The average Bonchev–Trinajstić information content (AvgIpc) is 3.74. The van der Waals surface area contributed by atoms with Crippen molar-refractivity contribution in [2.45, 2.75) is 19.3 Å². The smallest absolute Gasteiger partial charge is 0.161 e. The lowest BCUT2D eigenvalue weighted by molar-refractivity contribution is 0.660. The normalized spacial score (nSPS) is 13.0. The molecule has 56 heavy (non-hydrogen) atoms. The standard InChI is InChI=1S/C53H36N2O/c1-53(2)46-21-10-8-18-41(46)42-25-23-36(31-47(42)53)48-32-49(55-52(54-48)44-20-12-16-34-15-6-7-17-40(34)44)39-28-37(33-13-4-3-5-14-33)27-38(29-39)35-24-26-51-45(30-35)43-19-9-11-22-50(43)56-51/h3-32H,1-2H3. The quantitative estimate of drug-likeness (QED) is 0.178. The number of aromatic nitrogens is 2. The molecule has 8 aromatic carbocycles. The van der Waals surface area contributed by atoms with Crippen molar-refractivity contribution in [1.29, 1.82) is 0 Å². The summed E-state index contributed by atoms with van der Waals surface area (Å²) >= 11 is 0. The van der Waals surface area contributed by atoms with Crippen molar-refractivity contribution >= 4 is 32.7 Å². The van der Waals surface area contributed by atoms with Gasteiger partial charge in [0, 0.05) is 32.9 Å². The molecule has 0 amide bonds. The van der Waals surface area contributed by atoms with Crippen LogP contribution in [0.1, 0.15) is 25.0 Å². The molecule has 0 unspecified atom stereocenters. The predicted octanol–water partition coefficient (Wildman–Crippen LogP) is 14.2. The fourth-order valence-corrected chi connectivity index (χ4v) is 8.79. The minimum atomic E-state index is -0.128. The summed E-state index contributed by atoms with van der Waals surface area (Å²) in [5.74, 6) is 0.704. The van der Waals surface area contributed by atoms with Gasteiger partial charge in [-0.05, 0) is 104 Å². The molecule has 0 aliphatic heterocycles. The second kappa shape index (κ2) is 12.5. The van der Waals surface area contributed by atoms with Gasteiger partial charge in [0.1, 0.15) is 11.2 Å². The van der Waals surface area contributed by atoms with Crippen molar-refractivity contribution in [1.82, 2.24) is 9.97 Å². The molecular weight excluding hydrogens is 681 g/mol. The van der Waals surface area contributed by atoms with Crippen LogP contribution in [0.25, 0.3) is 100.0 Å². The Balaban J connectivity index is 1.14. The van der Waals surface area contributed by atoms with E-state index < -0.39 is 0 Å². The fourth-order valence-electron chi connectivity index (χ4n) is 8.79. The summed E-state index contributed by atoms with van der Waals surface area (Å²) in [5.41, 5.74) is 16.3. The van der Waals surface area contributed by atoms with Crippen molar-refractivity contribution in [3.05, 3.63) is 193 Å². The van der Waals surface area contributed by atoms with E-state index in [1.165, 1.54) is 22.3 Å². The molecule has 0 saturated heterocycles. The SMILES string of the molecule is CC1(C)c2ccccc2-c2ccc(-c3cc(-c4cc(-c5ccccc5)cc(-c5ccc6oc7ccccc7c6c5)c4)nc(-c4cccc5ccccc45)n3)cc21. The Bertz CT molecular complexity index is 3170. The van der Waals surface area contributed by atoms with Gasteiger partial charge in [-0.1, -0.05) is 147 Å². The number of furan rings is 1. The molecule has 3 heteroatoms. The van der Waals surface area contributed by atoms with Gasteiger partial charge in [0.2, 0.25) is 0 Å². The number of nitrogens with zero attached hydrogens (tertiary/aromatic N) is 2. The molecule has 11 rings (SSSR count). The van der Waals surface area contributed by atoms with Gasteiger partial charge in [-0.3, -0.25) is 0 Å². The summed E-state index contributed by atoms with van der Waals surface area (Å²) in [7, 11) is 0. The van der Waals surface area contributed by atoms with Crippen LogP contribution in [0.3, 0.4) is 0 Å². The molecular formula is C53H36N2O. The summed E-state index contributed by atoms with van der Waals surface area (Å²) in [6.45, 7) is 4.66. The lowest BCUT2D eigenvalue weighted by Gasteiger charge is -2.22. The van der Waals surface area contributed by atoms with Crippen molar-refractivity contribution in [3.63, 3.8) is 0 Å². The van der Waals surface area contributed by atoms with Gasteiger partial charge in [0.15, 0.2) is 5.82 Å². The zero-order chi connectivity index (χ0) is 37.4. The highest BCUT2D eigenvalue weighted by Crippen LogP contribution is 2.49. The van der Waals surface area contributed by atoms with Crippen molar-refractivity contribution < 1.29 is 4.42 Å². The summed E-state index contributed by atoms with van der Waals surface area (Å²) in [5, 5.41) is 4.51. The fraction of sp³-hybridized carbons (Fsp3) is 0.0566. The van der Waals surface area contributed by atoms with Gasteiger partial charge in [0.25, 0.3) is 0 Å². The van der Waals surface area contributed by atoms with Crippen LogP contribution in [-0.4, -0.2) is 9.97 Å². The number of benzene rings is 8. The molecule has 1 aliphatic carbocycles. The third kappa shape index (κ3) is 5.20. The molecule has 0 N–H and O–H groups in total. The Kier molecular flexibility index (Phi) is 7.20. The third-order valence-corrected chi connectivity index (χ3v) is 11.7. The maximum Gasteiger partial charge on any atom is 0.161 e. The highest BCUT2D eigenvalue weighted by molar-refractivity contribution is 6.06. The molecule has 2 heterocycles. The van der Waals surface area contributed by atoms with Gasteiger partial charge >= 0.3 is 0 Å². The lowest BCUT2D eigenvalue weighted by atomic mass is 9.82. The maximum absolute atomic E-state index is 6.21. The molecule has 264 valence electrons. The van der Waals surface area contributed by atoms with E-state index in [1.807, 2.05) is 12.1 Å². The Morgan fingerprint density at radius 3 is 1.88 bits per heavy atom. The Morgan fingerprint density at radius 1 is 0.375 bits per heavy atom. The molecule has 2 aromatic heterocycles. The van der Waals surface area contributed by atoms with Crippen LogP contribution in [0.5, 0.6) is 0 Å². The molecule has 0 atom stereocenters. The largest absolute Gasteiger partial charge is 0.456 e. The third-order valence-electron chi connectivity index (χ3n) is 11.7. The number of para-hydroxylation sites is 1. The molecule has 10 aromatic rings. The van der Waals surface area contributed by atoms with Crippen molar-refractivity contribution in [2.75, 3.05) is 0 Å². The summed E-state index contributed by atoms with van der Waals surface area (Å²) < 4.78 is 6.21. The number of hydrogen-bond acceptors (Lipinski definition) is 3. The van der Waals surface area contributed by atoms with Gasteiger partial charge < -0.3 is 4.42 Å². The lowest BCUT2D eigenvalue weighted by Crippen LogP contribution is -2.14. The van der Waals surface area contributed by atoms with E-state index in [0.717, 1.165) is 83.0 Å². The van der Waals surface area contributed by atoms with E-state index in [0.29, 0.717) is 5.82 Å². The van der Waals surface area contributed by atoms with Crippen LogP contribution < -0.4 is 0 Å². The minimum Gasteiger partial charge on any atom is -0.456 e. The van der Waals surface area contributed by atoms with Gasteiger partial charge in [-0.2, -0.15) is 0 Å². The van der Waals surface area contributed by atoms with E-state index in [2.05, 4.69) is 184 Å². The second-order valence-corrected chi connectivity index (χ2v) is 15.4. The second-order valence-electron chi connectivity index (χ2n) is 15.4. The van der Waals surface area contributed by atoms with Gasteiger partial charge in [0.05, 0.1) is 11.4 Å². The zero-order valence-corrected chi connectivity index (χ0v) is 31.1. The predicted molar refractivity (Wildman–Crippen MR) is 232 cm³/mol. The molecule has 0 radical (unpaired) electrons. The summed E-state index contributed by atoms with van der Waals surface area (Å²) in [4.78, 5) is 10.8. The van der Waals surface area contributed by atoms with E-state index in [1.54, 1.807) is 0 Å². The van der Waals surface area contributed by atoms with Gasteiger partial charge in [-0.15, -0.1) is 0 Å². The monoisotopic (exact) mass is 716 g/mol.